The van der Waals surface area contributed by atoms with E-state index >= 15 is 0 Å². The molecule has 0 atom stereocenters. The van der Waals surface area contributed by atoms with E-state index in [9.17, 15) is 9.59 Å². The average Bonchev–Trinajstić information content (AvgIpc) is 3.15. The van der Waals surface area contributed by atoms with Crippen LogP contribution >= 0.6 is 0 Å². The van der Waals surface area contributed by atoms with Gasteiger partial charge < -0.3 is 9.88 Å². The Kier molecular flexibility index (Phi) is 5.40. The van der Waals surface area contributed by atoms with Crippen LogP contribution in [0.4, 0.5) is 0 Å². The first-order chi connectivity index (χ1) is 13.2. The molecule has 0 fully saturated rings. The van der Waals surface area contributed by atoms with Crippen LogP contribution in [0.5, 0.6) is 0 Å². The van der Waals surface area contributed by atoms with Crippen LogP contribution in [0, 0.1) is 5.41 Å². The fourth-order valence-electron chi connectivity index (χ4n) is 3.17. The van der Waals surface area contributed by atoms with Gasteiger partial charge in [0, 0.05) is 39.1 Å². The van der Waals surface area contributed by atoms with Gasteiger partial charge in [0.05, 0.1) is 11.8 Å². The third-order valence-electron chi connectivity index (χ3n) is 4.50. The molecule has 150 valence electrons. The molecular weight excluding hydrogens is 356 g/mol. The predicted molar refractivity (Wildman–Crippen MR) is 108 cm³/mol. The van der Waals surface area contributed by atoms with E-state index in [0.717, 1.165) is 24.1 Å². The lowest BCUT2D eigenvalue weighted by molar-refractivity contribution is 0.0948. The van der Waals surface area contributed by atoms with Gasteiger partial charge in [-0.1, -0.05) is 20.8 Å². The molecule has 0 aliphatic rings. The van der Waals surface area contributed by atoms with Gasteiger partial charge in [0.2, 0.25) is 0 Å². The van der Waals surface area contributed by atoms with Gasteiger partial charge in [-0.3, -0.25) is 13.9 Å². The van der Waals surface area contributed by atoms with Crippen molar-refractivity contribution in [3.8, 4) is 0 Å². The maximum Gasteiger partial charge on any atom is 0.330 e. The van der Waals surface area contributed by atoms with Crippen LogP contribution in [-0.2, 0) is 27.1 Å². The Bertz CT molecular complexity index is 1050. The summed E-state index contributed by atoms with van der Waals surface area (Å²) in [5.74, 6) is -0.175. The number of fused-ring (bicyclic) bond motifs is 1. The Labute approximate surface area is 164 Å². The maximum absolute atomic E-state index is 12.6. The number of carbonyl (C=O) groups excluding carboxylic acids is 1. The highest BCUT2D eigenvalue weighted by Gasteiger charge is 2.18. The lowest BCUT2D eigenvalue weighted by atomic mass is 9.97. The molecule has 1 N–H and O–H groups in total. The summed E-state index contributed by atoms with van der Waals surface area (Å²) >= 11 is 0. The van der Waals surface area contributed by atoms with Crippen molar-refractivity contribution in [1.82, 2.24) is 29.0 Å². The molecule has 3 aromatic heterocycles. The van der Waals surface area contributed by atoms with Crippen LogP contribution in [0.3, 0.4) is 0 Å². The van der Waals surface area contributed by atoms with Crippen molar-refractivity contribution in [1.29, 1.82) is 0 Å². The number of nitrogens with one attached hydrogen (secondary N) is 1. The second kappa shape index (κ2) is 7.61. The molecule has 28 heavy (non-hydrogen) atoms. The van der Waals surface area contributed by atoms with Crippen LogP contribution < -0.4 is 11.0 Å². The van der Waals surface area contributed by atoms with Crippen LogP contribution in [0.1, 0.15) is 43.4 Å². The van der Waals surface area contributed by atoms with E-state index in [1.807, 2.05) is 19.2 Å². The third-order valence-corrected chi connectivity index (χ3v) is 4.50. The van der Waals surface area contributed by atoms with Gasteiger partial charge in [-0.05, 0) is 30.4 Å². The zero-order valence-corrected chi connectivity index (χ0v) is 17.2. The van der Waals surface area contributed by atoms with Gasteiger partial charge in [-0.15, -0.1) is 0 Å². The molecule has 0 bridgehead atoms. The van der Waals surface area contributed by atoms with Crippen molar-refractivity contribution in [2.45, 2.75) is 40.2 Å². The Morgan fingerprint density at radius 2 is 1.96 bits per heavy atom. The van der Waals surface area contributed by atoms with Gasteiger partial charge in [-0.25, -0.2) is 14.8 Å². The van der Waals surface area contributed by atoms with Gasteiger partial charge in [0.15, 0.2) is 5.65 Å². The first-order valence-electron chi connectivity index (χ1n) is 9.47. The summed E-state index contributed by atoms with van der Waals surface area (Å²) in [6.07, 6.45) is 4.77. The Morgan fingerprint density at radius 3 is 2.61 bits per heavy atom. The lowest BCUT2D eigenvalue weighted by Crippen LogP contribution is -2.27. The zero-order valence-electron chi connectivity index (χ0n) is 17.2. The minimum absolute atomic E-state index is 0.00258. The maximum atomic E-state index is 12.6. The van der Waals surface area contributed by atoms with Crippen molar-refractivity contribution >= 4 is 17.1 Å². The topological polar surface area (TPSA) is 86.7 Å². The number of aryl methyl sites for hydroxylation is 3. The molecular formula is C20H28N6O2. The largest absolute Gasteiger partial charge is 0.351 e. The fraction of sp³-hybridized carbons (Fsp3) is 0.500. The van der Waals surface area contributed by atoms with E-state index in [1.54, 1.807) is 33.3 Å². The molecule has 0 radical (unpaired) electrons. The second-order valence-corrected chi connectivity index (χ2v) is 8.42. The van der Waals surface area contributed by atoms with Crippen LogP contribution in [0.15, 0.2) is 29.5 Å². The molecule has 8 nitrogen and oxygen atoms in total. The van der Waals surface area contributed by atoms with Gasteiger partial charge >= 0.3 is 5.69 Å². The van der Waals surface area contributed by atoms with E-state index in [2.05, 4.69) is 36.1 Å². The molecule has 8 heteroatoms. The molecule has 3 aromatic rings. The van der Waals surface area contributed by atoms with E-state index in [-0.39, 0.29) is 17.0 Å². The number of aromatic nitrogens is 5. The van der Waals surface area contributed by atoms with E-state index in [4.69, 9.17) is 0 Å². The minimum atomic E-state index is -0.175. The molecule has 0 aliphatic carbocycles. The standard InChI is InChI=1S/C20H28N6O2/c1-20(2,3)12-26-16-9-8-14(23-17(16)25(5)19(26)28)7-6-10-21-18(27)15-11-24(4)13-22-15/h8-9,11,13H,6-7,10,12H2,1-5H3,(H,21,27). The summed E-state index contributed by atoms with van der Waals surface area (Å²) in [6.45, 7) is 7.51. The minimum Gasteiger partial charge on any atom is -0.351 e. The Balaban J connectivity index is 1.65. The summed E-state index contributed by atoms with van der Waals surface area (Å²) in [4.78, 5) is 33.3. The number of amides is 1. The number of nitrogens with zero attached hydrogens (tertiary/aromatic N) is 5. The quantitative estimate of drug-likeness (QED) is 0.658. The number of hydrogen-bond donors (Lipinski definition) is 1. The number of imidazole rings is 2. The molecule has 0 saturated heterocycles. The summed E-state index contributed by atoms with van der Waals surface area (Å²) in [6, 6.07) is 3.93. The van der Waals surface area contributed by atoms with Crippen molar-refractivity contribution in [2.24, 2.45) is 19.5 Å². The molecule has 1 amide bonds. The molecule has 0 unspecified atom stereocenters. The second-order valence-electron chi connectivity index (χ2n) is 8.42. The van der Waals surface area contributed by atoms with Crippen LogP contribution in [0.25, 0.3) is 11.2 Å². The van der Waals surface area contributed by atoms with E-state index in [1.165, 1.54) is 0 Å². The Hall–Kier alpha value is -2.90. The highest BCUT2D eigenvalue weighted by molar-refractivity contribution is 5.91. The van der Waals surface area contributed by atoms with Crippen LogP contribution in [-0.4, -0.2) is 36.1 Å². The van der Waals surface area contributed by atoms with Crippen molar-refractivity contribution in [3.63, 3.8) is 0 Å². The van der Waals surface area contributed by atoms with Crippen molar-refractivity contribution in [2.75, 3.05) is 6.54 Å². The zero-order chi connectivity index (χ0) is 20.5. The van der Waals surface area contributed by atoms with E-state index < -0.39 is 0 Å². The highest BCUT2D eigenvalue weighted by Crippen LogP contribution is 2.19. The summed E-state index contributed by atoms with van der Waals surface area (Å²) < 4.78 is 5.14. The molecule has 0 spiro atoms. The molecule has 3 rings (SSSR count). The highest BCUT2D eigenvalue weighted by atomic mass is 16.2. The lowest BCUT2D eigenvalue weighted by Gasteiger charge is -2.18. The fourth-order valence-corrected chi connectivity index (χ4v) is 3.17. The average molecular weight is 384 g/mol. The van der Waals surface area contributed by atoms with Crippen molar-refractivity contribution < 1.29 is 4.79 Å². The Morgan fingerprint density at radius 1 is 1.21 bits per heavy atom. The number of rotatable bonds is 6. The van der Waals surface area contributed by atoms with Crippen LogP contribution in [0.2, 0.25) is 0 Å². The number of hydrogen-bond acceptors (Lipinski definition) is 4. The van der Waals surface area contributed by atoms with Crippen molar-refractivity contribution in [3.05, 3.63) is 46.5 Å². The SMILES string of the molecule is Cn1cnc(C(=O)NCCCc2ccc3c(n2)n(C)c(=O)n3CC(C)(C)C)c1. The van der Waals surface area contributed by atoms with E-state index in [0.29, 0.717) is 24.4 Å². The summed E-state index contributed by atoms with van der Waals surface area (Å²) in [5.41, 5.74) is 2.83. The number of pyridine rings is 1. The van der Waals surface area contributed by atoms with Gasteiger partial charge in [0.25, 0.3) is 5.91 Å². The first kappa shape index (κ1) is 19.9. The first-order valence-corrected chi connectivity index (χ1v) is 9.47. The summed E-state index contributed by atoms with van der Waals surface area (Å²) in [5, 5.41) is 2.87. The van der Waals surface area contributed by atoms with Gasteiger partial charge in [-0.2, -0.15) is 0 Å². The molecule has 0 aromatic carbocycles. The normalized spacial score (nSPS) is 11.9. The molecule has 3 heterocycles. The third kappa shape index (κ3) is 4.32. The smallest absolute Gasteiger partial charge is 0.330 e. The molecule has 0 aliphatic heterocycles. The summed E-state index contributed by atoms with van der Waals surface area (Å²) in [7, 11) is 3.58. The number of carbonyl (C=O) groups is 1. The van der Waals surface area contributed by atoms with Gasteiger partial charge in [0.1, 0.15) is 5.69 Å². The molecule has 0 saturated carbocycles. The monoisotopic (exact) mass is 384 g/mol. The predicted octanol–water partition coefficient (Wildman–Crippen LogP) is 1.88.